The summed E-state index contributed by atoms with van der Waals surface area (Å²) in [7, 11) is 0. The largest absolute Gasteiger partial charge is 0.324 e. The van der Waals surface area contributed by atoms with Gasteiger partial charge in [-0.3, -0.25) is 19.3 Å². The van der Waals surface area contributed by atoms with Gasteiger partial charge in [-0.15, -0.1) is 0 Å². The summed E-state index contributed by atoms with van der Waals surface area (Å²) < 4.78 is 0.800. The molecule has 4 aliphatic rings. The number of para-hydroxylation sites is 1. The molecule has 0 saturated carbocycles. The van der Waals surface area contributed by atoms with Crippen molar-refractivity contribution in [3.05, 3.63) is 58.6 Å². The van der Waals surface area contributed by atoms with Gasteiger partial charge in [0.15, 0.2) is 0 Å². The summed E-state index contributed by atoms with van der Waals surface area (Å²) in [6.45, 7) is 0.719. The third-order valence-electron chi connectivity index (χ3n) is 6.97. The van der Waals surface area contributed by atoms with Crippen molar-refractivity contribution in [1.29, 1.82) is 0 Å². The van der Waals surface area contributed by atoms with Crippen molar-refractivity contribution in [3.8, 4) is 0 Å². The van der Waals surface area contributed by atoms with Gasteiger partial charge in [0.25, 0.3) is 0 Å². The second-order valence-corrected chi connectivity index (χ2v) is 9.08. The van der Waals surface area contributed by atoms with E-state index >= 15 is 0 Å². The highest BCUT2D eigenvalue weighted by atomic mass is 79.9. The molecular formula is C22H18BrN3O3. The number of hydrogen-bond acceptors (Lipinski definition) is 4. The predicted octanol–water partition coefficient (Wildman–Crippen LogP) is 2.88. The van der Waals surface area contributed by atoms with E-state index in [-0.39, 0.29) is 23.8 Å². The van der Waals surface area contributed by atoms with Crippen LogP contribution in [0.3, 0.4) is 0 Å². The van der Waals surface area contributed by atoms with Gasteiger partial charge in [0.2, 0.25) is 17.7 Å². The molecule has 3 amide bonds. The summed E-state index contributed by atoms with van der Waals surface area (Å²) in [5.74, 6) is -1.86. The molecule has 29 heavy (non-hydrogen) atoms. The number of amides is 3. The Labute approximate surface area is 176 Å². The highest BCUT2D eigenvalue weighted by molar-refractivity contribution is 9.10. The van der Waals surface area contributed by atoms with Gasteiger partial charge in [-0.25, -0.2) is 4.90 Å². The van der Waals surface area contributed by atoms with Gasteiger partial charge in [0.1, 0.15) is 5.54 Å². The van der Waals surface area contributed by atoms with E-state index in [1.165, 1.54) is 4.90 Å². The van der Waals surface area contributed by atoms with E-state index < -0.39 is 17.4 Å². The third-order valence-corrected chi connectivity index (χ3v) is 7.46. The molecule has 1 N–H and O–H groups in total. The maximum atomic E-state index is 13.7. The number of benzene rings is 2. The number of rotatable bonds is 1. The number of carbonyl (C=O) groups excluding carboxylic acids is 3. The lowest BCUT2D eigenvalue weighted by molar-refractivity contribution is -0.135. The fraction of sp³-hybridized carbons (Fsp3) is 0.318. The topological polar surface area (TPSA) is 69.7 Å². The molecule has 4 heterocycles. The van der Waals surface area contributed by atoms with Crippen LogP contribution in [0.15, 0.2) is 53.0 Å². The number of anilines is 2. The van der Waals surface area contributed by atoms with Gasteiger partial charge < -0.3 is 5.32 Å². The number of hydrogen-bond donors (Lipinski definition) is 1. The summed E-state index contributed by atoms with van der Waals surface area (Å²) in [5.41, 5.74) is 1.01. The highest BCUT2D eigenvalue weighted by Crippen LogP contribution is 2.60. The standard InChI is InChI=1S/C22H18BrN3O3/c23-12-5-3-6-13(11-12)26-19(27)17-16-9-4-10-25(16)22(18(17)20(26)28)14-7-1-2-8-15(14)24-21(22)29/h1-3,5-8,11,16-18H,4,9-10H2,(H,24,29)/t16-,17-,18+,22-/m1/s1. The first kappa shape index (κ1) is 17.4. The van der Waals surface area contributed by atoms with Gasteiger partial charge in [-0.2, -0.15) is 0 Å². The second kappa shape index (κ2) is 5.77. The Morgan fingerprint density at radius 3 is 2.69 bits per heavy atom. The molecule has 0 aromatic heterocycles. The lowest BCUT2D eigenvalue weighted by Crippen LogP contribution is -2.54. The van der Waals surface area contributed by atoms with Gasteiger partial charge in [0, 0.05) is 21.8 Å². The molecule has 1 spiro atoms. The summed E-state index contributed by atoms with van der Waals surface area (Å²) in [5, 5.41) is 2.98. The van der Waals surface area contributed by atoms with E-state index in [1.54, 1.807) is 12.1 Å². The van der Waals surface area contributed by atoms with Crippen LogP contribution in [0.2, 0.25) is 0 Å². The molecular weight excluding hydrogens is 434 g/mol. The van der Waals surface area contributed by atoms with E-state index in [0.29, 0.717) is 5.69 Å². The van der Waals surface area contributed by atoms with Crippen molar-refractivity contribution in [2.45, 2.75) is 24.4 Å². The number of halogens is 1. The van der Waals surface area contributed by atoms with Crippen LogP contribution < -0.4 is 10.2 Å². The van der Waals surface area contributed by atoms with Gasteiger partial charge >= 0.3 is 0 Å². The van der Waals surface area contributed by atoms with Crippen LogP contribution >= 0.6 is 15.9 Å². The Hall–Kier alpha value is -2.51. The van der Waals surface area contributed by atoms with Crippen molar-refractivity contribution >= 4 is 45.0 Å². The summed E-state index contributed by atoms with van der Waals surface area (Å²) in [4.78, 5) is 44.2. The quantitative estimate of drug-likeness (QED) is 0.676. The van der Waals surface area contributed by atoms with E-state index in [9.17, 15) is 14.4 Å². The first-order valence-electron chi connectivity index (χ1n) is 9.86. The molecule has 0 aliphatic carbocycles. The van der Waals surface area contributed by atoms with Crippen molar-refractivity contribution in [2.75, 3.05) is 16.8 Å². The van der Waals surface area contributed by atoms with Crippen LogP contribution in [0.5, 0.6) is 0 Å². The zero-order chi connectivity index (χ0) is 19.9. The number of nitrogens with zero attached hydrogens (tertiary/aromatic N) is 2. The highest BCUT2D eigenvalue weighted by Gasteiger charge is 2.74. The Kier molecular flexibility index (Phi) is 3.45. The lowest BCUT2D eigenvalue weighted by Gasteiger charge is -2.36. The number of imide groups is 1. The third kappa shape index (κ3) is 1.97. The first-order valence-corrected chi connectivity index (χ1v) is 10.7. The van der Waals surface area contributed by atoms with Crippen molar-refractivity contribution < 1.29 is 14.4 Å². The molecule has 0 unspecified atom stereocenters. The number of carbonyl (C=O) groups is 3. The van der Waals surface area contributed by atoms with E-state index in [0.717, 1.165) is 35.1 Å². The molecule has 2 aromatic carbocycles. The minimum absolute atomic E-state index is 0.0921. The normalized spacial score (nSPS) is 32.7. The molecule has 6 nitrogen and oxygen atoms in total. The van der Waals surface area contributed by atoms with Crippen LogP contribution in [0, 0.1) is 11.8 Å². The fourth-order valence-corrected chi connectivity index (χ4v) is 6.42. The Balaban J connectivity index is 1.56. The van der Waals surface area contributed by atoms with E-state index in [1.807, 2.05) is 36.4 Å². The average molecular weight is 452 g/mol. The van der Waals surface area contributed by atoms with Crippen LogP contribution in [0.1, 0.15) is 18.4 Å². The second-order valence-electron chi connectivity index (χ2n) is 8.16. The maximum Gasteiger partial charge on any atom is 0.250 e. The van der Waals surface area contributed by atoms with Crippen LogP contribution in [0.4, 0.5) is 11.4 Å². The van der Waals surface area contributed by atoms with Crippen LogP contribution in [-0.4, -0.2) is 35.2 Å². The van der Waals surface area contributed by atoms with Crippen LogP contribution in [0.25, 0.3) is 0 Å². The van der Waals surface area contributed by atoms with Crippen LogP contribution in [-0.2, 0) is 19.9 Å². The predicted molar refractivity (Wildman–Crippen MR) is 110 cm³/mol. The van der Waals surface area contributed by atoms with Crippen molar-refractivity contribution in [1.82, 2.24) is 4.90 Å². The number of nitrogens with one attached hydrogen (secondary N) is 1. The summed E-state index contributed by atoms with van der Waals surface area (Å²) in [6, 6.07) is 14.7. The maximum absolute atomic E-state index is 13.7. The SMILES string of the molecule is O=C1[C@@H]2[C@H]3CCCN3[C@@]3(C(=O)Nc4ccccc43)[C@@H]2C(=O)N1c1cccc(Br)c1. The molecule has 3 saturated heterocycles. The average Bonchev–Trinajstić information content (AvgIpc) is 3.40. The molecule has 4 aliphatic heterocycles. The molecule has 6 rings (SSSR count). The fourth-order valence-electron chi connectivity index (χ4n) is 6.03. The minimum Gasteiger partial charge on any atom is -0.324 e. The van der Waals surface area contributed by atoms with Crippen molar-refractivity contribution in [3.63, 3.8) is 0 Å². The Morgan fingerprint density at radius 2 is 1.86 bits per heavy atom. The first-order chi connectivity index (χ1) is 14.0. The zero-order valence-corrected chi connectivity index (χ0v) is 17.1. The zero-order valence-electron chi connectivity index (χ0n) is 15.5. The minimum atomic E-state index is -1.10. The molecule has 146 valence electrons. The molecule has 0 bridgehead atoms. The van der Waals surface area contributed by atoms with Gasteiger partial charge in [-0.05, 0) is 43.7 Å². The Morgan fingerprint density at radius 1 is 1.03 bits per heavy atom. The van der Waals surface area contributed by atoms with E-state index in [2.05, 4.69) is 26.1 Å². The van der Waals surface area contributed by atoms with Crippen molar-refractivity contribution in [2.24, 2.45) is 11.8 Å². The molecule has 2 aromatic rings. The monoisotopic (exact) mass is 451 g/mol. The molecule has 7 heteroatoms. The van der Waals surface area contributed by atoms with Gasteiger partial charge in [-0.1, -0.05) is 40.2 Å². The molecule has 4 atom stereocenters. The lowest BCUT2D eigenvalue weighted by atomic mass is 9.75. The van der Waals surface area contributed by atoms with E-state index in [4.69, 9.17) is 0 Å². The molecule has 3 fully saturated rings. The number of fused-ring (bicyclic) bond motifs is 7. The smallest absolute Gasteiger partial charge is 0.250 e. The summed E-state index contributed by atoms with van der Waals surface area (Å²) in [6.07, 6.45) is 1.74. The Bertz CT molecular complexity index is 1100. The van der Waals surface area contributed by atoms with Gasteiger partial charge in [0.05, 0.1) is 17.5 Å². The summed E-state index contributed by atoms with van der Waals surface area (Å²) >= 11 is 3.42. The molecule has 0 radical (unpaired) electrons.